The van der Waals surface area contributed by atoms with Gasteiger partial charge in [0.2, 0.25) is 11.8 Å². The number of carbonyl (C=O) groups excluding carboxylic acids is 2. The summed E-state index contributed by atoms with van der Waals surface area (Å²) in [6.45, 7) is 7.35. The molecule has 2 aliphatic heterocycles. The first-order chi connectivity index (χ1) is 9.54. The molecule has 1 saturated carbocycles. The quantitative estimate of drug-likeness (QED) is 0.823. The van der Waals surface area contributed by atoms with Crippen LogP contribution in [0.4, 0.5) is 0 Å². The lowest BCUT2D eigenvalue weighted by Crippen LogP contribution is -2.69. The molecule has 0 aromatic rings. The molecule has 0 radical (unpaired) electrons. The Morgan fingerprint density at radius 3 is 2.70 bits per heavy atom. The normalized spacial score (nSPS) is 36.1. The van der Waals surface area contributed by atoms with Crippen LogP contribution in [0.25, 0.3) is 0 Å². The first-order valence-corrected chi connectivity index (χ1v) is 7.89. The lowest BCUT2D eigenvalue weighted by Gasteiger charge is -2.46. The number of carbonyl (C=O) groups is 2. The third kappa shape index (κ3) is 2.32. The molecule has 0 bridgehead atoms. The summed E-state index contributed by atoms with van der Waals surface area (Å²) in [7, 11) is 0. The van der Waals surface area contributed by atoms with Gasteiger partial charge < -0.3 is 15.1 Å². The molecule has 0 spiro atoms. The van der Waals surface area contributed by atoms with Gasteiger partial charge in [0.05, 0.1) is 6.54 Å². The molecular weight excluding hydrogens is 254 g/mol. The number of likely N-dealkylation sites (N-methyl/N-ethyl adjacent to an activating group) is 1. The average molecular weight is 279 g/mol. The number of nitrogens with zero attached hydrogens (tertiary/aromatic N) is 2. The van der Waals surface area contributed by atoms with Crippen LogP contribution in [0.5, 0.6) is 0 Å². The zero-order valence-electron chi connectivity index (χ0n) is 12.5. The predicted molar refractivity (Wildman–Crippen MR) is 76.1 cm³/mol. The van der Waals surface area contributed by atoms with Gasteiger partial charge in [-0.15, -0.1) is 0 Å². The van der Waals surface area contributed by atoms with E-state index in [4.69, 9.17) is 0 Å². The maximum atomic E-state index is 12.9. The van der Waals surface area contributed by atoms with Gasteiger partial charge in [0, 0.05) is 12.6 Å². The molecule has 0 aromatic heterocycles. The maximum absolute atomic E-state index is 12.9. The molecule has 0 aromatic carbocycles. The number of likely N-dealkylation sites (tertiary alicyclic amines) is 1. The fourth-order valence-electron chi connectivity index (χ4n) is 3.71. The second-order valence-electron chi connectivity index (χ2n) is 6.65. The van der Waals surface area contributed by atoms with Crippen molar-refractivity contribution in [1.82, 2.24) is 15.1 Å². The van der Waals surface area contributed by atoms with Crippen molar-refractivity contribution in [2.24, 2.45) is 5.92 Å². The zero-order chi connectivity index (χ0) is 14.3. The van der Waals surface area contributed by atoms with Gasteiger partial charge in [-0.2, -0.15) is 0 Å². The first kappa shape index (κ1) is 13.9. The third-order valence-corrected chi connectivity index (χ3v) is 5.18. The van der Waals surface area contributed by atoms with E-state index in [2.05, 4.69) is 17.1 Å². The molecule has 2 saturated heterocycles. The van der Waals surface area contributed by atoms with Crippen LogP contribution in [0.3, 0.4) is 0 Å². The number of rotatable bonds is 3. The van der Waals surface area contributed by atoms with Crippen LogP contribution in [0, 0.1) is 5.92 Å². The van der Waals surface area contributed by atoms with Crippen LogP contribution in [0.15, 0.2) is 0 Å². The van der Waals surface area contributed by atoms with E-state index in [1.54, 1.807) is 0 Å². The number of piperazine rings is 1. The van der Waals surface area contributed by atoms with Crippen molar-refractivity contribution in [3.63, 3.8) is 0 Å². The highest BCUT2D eigenvalue weighted by atomic mass is 16.2. The van der Waals surface area contributed by atoms with E-state index >= 15 is 0 Å². The van der Waals surface area contributed by atoms with Gasteiger partial charge in [0.15, 0.2) is 0 Å². The van der Waals surface area contributed by atoms with Gasteiger partial charge in [0.25, 0.3) is 0 Å². The molecule has 2 unspecified atom stereocenters. The smallest absolute Gasteiger partial charge is 0.249 e. The second kappa shape index (κ2) is 5.02. The Kier molecular flexibility index (Phi) is 3.48. The molecule has 112 valence electrons. The Hall–Kier alpha value is -1.10. The molecule has 2 heterocycles. The standard InChI is InChI=1S/C15H25N3O2/c1-3-17-8-4-5-12(9-17)18-10-13(19)16-15(2,14(18)20)11-6-7-11/h11-12H,3-10H2,1-2H3,(H,16,19). The fourth-order valence-corrected chi connectivity index (χ4v) is 3.71. The first-order valence-electron chi connectivity index (χ1n) is 7.89. The summed E-state index contributed by atoms with van der Waals surface area (Å²) in [4.78, 5) is 29.1. The van der Waals surface area contributed by atoms with E-state index in [0.717, 1.165) is 45.3 Å². The van der Waals surface area contributed by atoms with Crippen molar-refractivity contribution in [3.8, 4) is 0 Å². The van der Waals surface area contributed by atoms with Crippen LogP contribution in [0.2, 0.25) is 0 Å². The molecule has 3 aliphatic rings. The fraction of sp³-hybridized carbons (Fsp3) is 0.867. The molecule has 1 N–H and O–H groups in total. The van der Waals surface area contributed by atoms with Gasteiger partial charge >= 0.3 is 0 Å². The van der Waals surface area contributed by atoms with E-state index in [0.29, 0.717) is 5.92 Å². The van der Waals surface area contributed by atoms with E-state index in [1.807, 2.05) is 11.8 Å². The average Bonchev–Trinajstić information content (AvgIpc) is 3.28. The van der Waals surface area contributed by atoms with E-state index in [1.165, 1.54) is 0 Å². The molecule has 3 fully saturated rings. The lowest BCUT2D eigenvalue weighted by molar-refractivity contribution is -0.153. The van der Waals surface area contributed by atoms with Crippen molar-refractivity contribution >= 4 is 11.8 Å². The van der Waals surface area contributed by atoms with Gasteiger partial charge in [0.1, 0.15) is 5.54 Å². The second-order valence-corrected chi connectivity index (χ2v) is 6.65. The minimum absolute atomic E-state index is 0.00706. The molecule has 3 rings (SSSR count). The van der Waals surface area contributed by atoms with Gasteiger partial charge in [-0.05, 0) is 51.6 Å². The molecule has 2 atom stereocenters. The van der Waals surface area contributed by atoms with Crippen LogP contribution in [0.1, 0.15) is 39.5 Å². The maximum Gasteiger partial charge on any atom is 0.249 e. The van der Waals surface area contributed by atoms with Crippen molar-refractivity contribution in [3.05, 3.63) is 0 Å². The largest absolute Gasteiger partial charge is 0.340 e. The summed E-state index contributed by atoms with van der Waals surface area (Å²) in [5.74, 6) is 0.489. The van der Waals surface area contributed by atoms with Gasteiger partial charge in [-0.25, -0.2) is 0 Å². The highest BCUT2D eigenvalue weighted by Gasteiger charge is 2.53. The minimum Gasteiger partial charge on any atom is -0.340 e. The Morgan fingerprint density at radius 2 is 2.05 bits per heavy atom. The summed E-state index contributed by atoms with van der Waals surface area (Å²) in [6.07, 6.45) is 4.25. The Morgan fingerprint density at radius 1 is 1.30 bits per heavy atom. The summed E-state index contributed by atoms with van der Waals surface area (Å²) in [5, 5.41) is 2.95. The zero-order valence-corrected chi connectivity index (χ0v) is 12.5. The van der Waals surface area contributed by atoms with Crippen molar-refractivity contribution in [2.75, 3.05) is 26.2 Å². The van der Waals surface area contributed by atoms with E-state index < -0.39 is 5.54 Å². The van der Waals surface area contributed by atoms with Gasteiger partial charge in [-0.1, -0.05) is 6.92 Å². The van der Waals surface area contributed by atoms with Crippen molar-refractivity contribution in [2.45, 2.75) is 51.1 Å². The van der Waals surface area contributed by atoms with Crippen LogP contribution < -0.4 is 5.32 Å². The monoisotopic (exact) mass is 279 g/mol. The minimum atomic E-state index is -0.649. The number of hydrogen-bond donors (Lipinski definition) is 1. The van der Waals surface area contributed by atoms with Crippen molar-refractivity contribution in [1.29, 1.82) is 0 Å². The van der Waals surface area contributed by atoms with Gasteiger partial charge in [-0.3, -0.25) is 9.59 Å². The molecule has 20 heavy (non-hydrogen) atoms. The number of hydrogen-bond acceptors (Lipinski definition) is 3. The molecule has 5 nitrogen and oxygen atoms in total. The van der Waals surface area contributed by atoms with Crippen LogP contribution in [-0.4, -0.2) is 59.4 Å². The topological polar surface area (TPSA) is 52.6 Å². The van der Waals surface area contributed by atoms with Crippen molar-refractivity contribution < 1.29 is 9.59 Å². The molecule has 5 heteroatoms. The summed E-state index contributed by atoms with van der Waals surface area (Å²) < 4.78 is 0. The Balaban J connectivity index is 1.77. The Bertz CT molecular complexity index is 421. The Labute approximate surface area is 120 Å². The SMILES string of the molecule is CCN1CCCC(N2CC(=O)NC(C)(C3CC3)C2=O)C1. The molecular formula is C15H25N3O2. The summed E-state index contributed by atoms with van der Waals surface area (Å²) in [5.41, 5.74) is -0.649. The van der Waals surface area contributed by atoms with E-state index in [9.17, 15) is 9.59 Å². The molecule has 1 aliphatic carbocycles. The third-order valence-electron chi connectivity index (χ3n) is 5.18. The highest BCUT2D eigenvalue weighted by Crippen LogP contribution is 2.42. The van der Waals surface area contributed by atoms with Crippen LogP contribution >= 0.6 is 0 Å². The van der Waals surface area contributed by atoms with Crippen LogP contribution in [-0.2, 0) is 9.59 Å². The van der Waals surface area contributed by atoms with E-state index in [-0.39, 0.29) is 24.4 Å². The number of piperidine rings is 1. The molecule has 2 amide bonds. The predicted octanol–water partition coefficient (Wildman–Crippen LogP) is 0.598. The summed E-state index contributed by atoms with van der Waals surface area (Å²) >= 11 is 0. The number of amides is 2. The summed E-state index contributed by atoms with van der Waals surface area (Å²) in [6, 6.07) is 0.209. The lowest BCUT2D eigenvalue weighted by atomic mass is 9.89. The highest BCUT2D eigenvalue weighted by molar-refractivity contribution is 5.98. The number of nitrogens with one attached hydrogen (secondary N) is 1.